The number of aromatic nitrogens is 2. The predicted octanol–water partition coefficient (Wildman–Crippen LogP) is 3.28. The van der Waals surface area contributed by atoms with Crippen molar-refractivity contribution in [3.8, 4) is 0 Å². The molecule has 1 fully saturated rings. The van der Waals surface area contributed by atoms with Crippen LogP contribution in [0.4, 0.5) is 0 Å². The van der Waals surface area contributed by atoms with Crippen molar-refractivity contribution in [2.75, 3.05) is 6.54 Å². The first-order chi connectivity index (χ1) is 18.6. The Morgan fingerprint density at radius 2 is 1.77 bits per heavy atom. The van der Waals surface area contributed by atoms with Gasteiger partial charge in [-0.3, -0.25) is 14.4 Å². The highest BCUT2D eigenvalue weighted by Gasteiger charge is 2.34. The SMILES string of the molecule is CCNC(=O)c1cc(C(=O)N[C@@H]2C[C@H]2C)cn(Cc2cccc3c2ccn3S(=O)(=O)c2ccc(C)cc2)c1=O. The van der Waals surface area contributed by atoms with Crippen LogP contribution in [0.2, 0.25) is 0 Å². The number of hydrogen-bond donors (Lipinski definition) is 2. The van der Waals surface area contributed by atoms with Crippen LogP contribution in [0.3, 0.4) is 0 Å². The molecule has 2 N–H and O–H groups in total. The molecule has 0 spiro atoms. The van der Waals surface area contributed by atoms with Crippen molar-refractivity contribution in [1.29, 1.82) is 0 Å². The maximum absolute atomic E-state index is 13.4. The number of amides is 2. The molecule has 202 valence electrons. The zero-order valence-electron chi connectivity index (χ0n) is 22.0. The van der Waals surface area contributed by atoms with E-state index < -0.39 is 21.5 Å². The number of benzene rings is 2. The predicted molar refractivity (Wildman–Crippen MR) is 149 cm³/mol. The van der Waals surface area contributed by atoms with E-state index in [0.717, 1.165) is 12.0 Å². The van der Waals surface area contributed by atoms with Gasteiger partial charge in [0, 0.05) is 30.4 Å². The Labute approximate surface area is 226 Å². The van der Waals surface area contributed by atoms with Crippen LogP contribution in [0.25, 0.3) is 10.9 Å². The summed E-state index contributed by atoms with van der Waals surface area (Å²) < 4.78 is 29.3. The van der Waals surface area contributed by atoms with E-state index in [1.807, 2.05) is 13.8 Å². The summed E-state index contributed by atoms with van der Waals surface area (Å²) in [5.74, 6) is -0.517. The van der Waals surface area contributed by atoms with Gasteiger partial charge in [-0.05, 0) is 62.1 Å². The van der Waals surface area contributed by atoms with Crippen molar-refractivity contribution < 1.29 is 18.0 Å². The van der Waals surface area contributed by atoms with Gasteiger partial charge in [-0.25, -0.2) is 12.4 Å². The molecule has 4 aromatic rings. The summed E-state index contributed by atoms with van der Waals surface area (Å²) in [5.41, 5.74) is 1.63. The number of hydrogen-bond acceptors (Lipinski definition) is 5. The van der Waals surface area contributed by atoms with Gasteiger partial charge >= 0.3 is 0 Å². The number of carbonyl (C=O) groups is 2. The molecular formula is C29H30N4O5S. The van der Waals surface area contributed by atoms with E-state index in [4.69, 9.17) is 0 Å². The summed E-state index contributed by atoms with van der Waals surface area (Å²) in [6.45, 7) is 6.04. The van der Waals surface area contributed by atoms with Crippen LogP contribution < -0.4 is 16.2 Å². The Kier molecular flexibility index (Phi) is 6.90. The van der Waals surface area contributed by atoms with Gasteiger partial charge in [0.15, 0.2) is 0 Å². The van der Waals surface area contributed by atoms with Gasteiger partial charge in [0.25, 0.3) is 27.4 Å². The zero-order valence-corrected chi connectivity index (χ0v) is 22.8. The van der Waals surface area contributed by atoms with Gasteiger partial charge in [-0.2, -0.15) is 0 Å². The fourth-order valence-corrected chi connectivity index (χ4v) is 5.98. The number of carbonyl (C=O) groups excluding carboxylic acids is 2. The minimum absolute atomic E-state index is 0.0398. The molecular weight excluding hydrogens is 516 g/mol. The topological polar surface area (TPSA) is 119 Å². The monoisotopic (exact) mass is 546 g/mol. The number of rotatable bonds is 8. The Hall–Kier alpha value is -4.18. The van der Waals surface area contributed by atoms with E-state index in [0.29, 0.717) is 28.9 Å². The molecule has 0 unspecified atom stereocenters. The number of fused-ring (bicyclic) bond motifs is 1. The molecule has 1 aliphatic rings. The molecule has 5 rings (SSSR count). The Morgan fingerprint density at radius 1 is 1.05 bits per heavy atom. The lowest BCUT2D eigenvalue weighted by molar-refractivity contribution is 0.0948. The van der Waals surface area contributed by atoms with Crippen LogP contribution in [0, 0.1) is 12.8 Å². The third kappa shape index (κ3) is 5.12. The highest BCUT2D eigenvalue weighted by Crippen LogP contribution is 2.29. The van der Waals surface area contributed by atoms with Crippen LogP contribution in [-0.4, -0.2) is 41.4 Å². The molecule has 1 aliphatic carbocycles. The van der Waals surface area contributed by atoms with Crippen LogP contribution in [-0.2, 0) is 16.6 Å². The fraction of sp³-hybridized carbons (Fsp3) is 0.276. The lowest BCUT2D eigenvalue weighted by Crippen LogP contribution is -2.35. The molecule has 0 bridgehead atoms. The second kappa shape index (κ2) is 10.2. The number of nitrogens with one attached hydrogen (secondary N) is 2. The maximum Gasteiger partial charge on any atom is 0.268 e. The molecule has 0 aliphatic heterocycles. The zero-order chi connectivity index (χ0) is 27.9. The van der Waals surface area contributed by atoms with Crippen LogP contribution in [0.5, 0.6) is 0 Å². The van der Waals surface area contributed by atoms with E-state index in [9.17, 15) is 22.8 Å². The molecule has 2 heterocycles. The van der Waals surface area contributed by atoms with Gasteiger partial charge in [0.1, 0.15) is 5.56 Å². The summed E-state index contributed by atoms with van der Waals surface area (Å²) in [6.07, 6.45) is 3.83. The highest BCUT2D eigenvalue weighted by atomic mass is 32.2. The van der Waals surface area contributed by atoms with E-state index in [2.05, 4.69) is 10.6 Å². The lowest BCUT2D eigenvalue weighted by atomic mass is 10.1. The fourth-order valence-electron chi connectivity index (χ4n) is 4.63. The second-order valence-electron chi connectivity index (χ2n) is 10.0. The van der Waals surface area contributed by atoms with Crippen molar-refractivity contribution in [2.45, 2.75) is 44.7 Å². The van der Waals surface area contributed by atoms with E-state index in [1.165, 1.54) is 27.0 Å². The molecule has 1 saturated carbocycles. The van der Waals surface area contributed by atoms with Crippen LogP contribution in [0.1, 0.15) is 52.1 Å². The van der Waals surface area contributed by atoms with Crippen molar-refractivity contribution in [3.63, 3.8) is 0 Å². The van der Waals surface area contributed by atoms with Gasteiger partial charge in [0.05, 0.1) is 22.5 Å². The van der Waals surface area contributed by atoms with Gasteiger partial charge in [0.2, 0.25) is 0 Å². The Morgan fingerprint density at radius 3 is 2.44 bits per heavy atom. The van der Waals surface area contributed by atoms with E-state index in [-0.39, 0.29) is 34.5 Å². The number of aryl methyl sites for hydroxylation is 1. The molecule has 2 atom stereocenters. The third-order valence-corrected chi connectivity index (χ3v) is 8.77. The average Bonchev–Trinajstić information content (AvgIpc) is 3.40. The molecule has 0 radical (unpaired) electrons. The molecule has 2 amide bonds. The minimum Gasteiger partial charge on any atom is -0.352 e. The van der Waals surface area contributed by atoms with Gasteiger partial charge in [-0.1, -0.05) is 36.8 Å². The summed E-state index contributed by atoms with van der Waals surface area (Å²) in [4.78, 5) is 39.1. The summed E-state index contributed by atoms with van der Waals surface area (Å²) >= 11 is 0. The van der Waals surface area contributed by atoms with Crippen molar-refractivity contribution in [3.05, 3.63) is 99.6 Å². The Balaban J connectivity index is 1.55. The quantitative estimate of drug-likeness (QED) is 0.352. The van der Waals surface area contributed by atoms with E-state index >= 15 is 0 Å². The van der Waals surface area contributed by atoms with Gasteiger partial charge < -0.3 is 15.2 Å². The van der Waals surface area contributed by atoms with Crippen molar-refractivity contribution in [2.24, 2.45) is 5.92 Å². The second-order valence-corrected chi connectivity index (χ2v) is 11.8. The average molecular weight is 547 g/mol. The summed E-state index contributed by atoms with van der Waals surface area (Å²) in [5, 5.41) is 6.22. The Bertz CT molecular complexity index is 1750. The molecule has 0 saturated heterocycles. The van der Waals surface area contributed by atoms with Gasteiger partial charge in [-0.15, -0.1) is 0 Å². The summed E-state index contributed by atoms with van der Waals surface area (Å²) in [7, 11) is -3.85. The lowest BCUT2D eigenvalue weighted by Gasteiger charge is -2.13. The molecule has 9 nitrogen and oxygen atoms in total. The van der Waals surface area contributed by atoms with Crippen LogP contribution in [0.15, 0.2) is 76.7 Å². The minimum atomic E-state index is -3.85. The van der Waals surface area contributed by atoms with E-state index in [1.54, 1.807) is 55.5 Å². The smallest absolute Gasteiger partial charge is 0.268 e. The first-order valence-corrected chi connectivity index (χ1v) is 14.3. The standard InChI is InChI=1S/C29H30N4O5S/c1-4-30-28(35)24-15-21(27(34)31-25-14-19(25)3)17-32(29(24)36)16-20-6-5-7-26-23(20)12-13-33(26)39(37,38)22-10-8-18(2)9-11-22/h5-13,15,17,19,25H,4,14,16H2,1-3H3,(H,30,35)(H,31,34)/t19-,25-/m1/s1. The number of nitrogens with zero attached hydrogens (tertiary/aromatic N) is 2. The largest absolute Gasteiger partial charge is 0.352 e. The van der Waals surface area contributed by atoms with Crippen molar-refractivity contribution >= 4 is 32.7 Å². The maximum atomic E-state index is 13.4. The van der Waals surface area contributed by atoms with Crippen molar-refractivity contribution in [1.82, 2.24) is 19.2 Å². The summed E-state index contributed by atoms with van der Waals surface area (Å²) in [6, 6.07) is 15.0. The third-order valence-electron chi connectivity index (χ3n) is 7.06. The first kappa shape index (κ1) is 26.4. The molecule has 10 heteroatoms. The molecule has 39 heavy (non-hydrogen) atoms. The molecule has 2 aromatic heterocycles. The highest BCUT2D eigenvalue weighted by molar-refractivity contribution is 7.90. The number of pyridine rings is 1. The first-order valence-electron chi connectivity index (χ1n) is 12.8. The molecule has 2 aromatic carbocycles. The van der Waals surface area contributed by atoms with Crippen LogP contribution >= 0.6 is 0 Å². The normalized spacial score (nSPS) is 16.7.